The summed E-state index contributed by atoms with van der Waals surface area (Å²) in [6.45, 7) is 1.55. The molecule has 1 aliphatic heterocycles. The maximum Gasteiger partial charge on any atom is 0.272 e. The van der Waals surface area contributed by atoms with Gasteiger partial charge in [-0.2, -0.15) is 0 Å². The lowest BCUT2D eigenvalue weighted by atomic mass is 10.1. The molecule has 25 heavy (non-hydrogen) atoms. The Morgan fingerprint density at radius 3 is 2.80 bits per heavy atom. The van der Waals surface area contributed by atoms with Crippen LogP contribution in [-0.4, -0.2) is 36.9 Å². The van der Waals surface area contributed by atoms with Gasteiger partial charge in [0.25, 0.3) is 5.91 Å². The van der Waals surface area contributed by atoms with Crippen LogP contribution in [0.1, 0.15) is 23.0 Å². The van der Waals surface area contributed by atoms with E-state index in [1.807, 2.05) is 0 Å². The number of carbonyl (C=O) groups is 1. The smallest absolute Gasteiger partial charge is 0.272 e. The molecule has 0 fully saturated rings. The SMILES string of the molecule is CC(O)C1C=Cc2c(cn(C)c2C(=O)Nc2ccncc2)S(=N)(=O)N1. The maximum absolute atomic E-state index is 12.8. The summed E-state index contributed by atoms with van der Waals surface area (Å²) in [4.78, 5) is 16.8. The highest BCUT2D eigenvalue weighted by Gasteiger charge is 2.29. The molecule has 0 spiro atoms. The highest BCUT2D eigenvalue weighted by Crippen LogP contribution is 2.27. The van der Waals surface area contributed by atoms with Crippen molar-refractivity contribution in [1.82, 2.24) is 14.3 Å². The Bertz CT molecular complexity index is 932. The lowest BCUT2D eigenvalue weighted by molar-refractivity contribution is 0.101. The second kappa shape index (κ2) is 6.43. The molecule has 3 heterocycles. The van der Waals surface area contributed by atoms with Crippen molar-refractivity contribution in [3.63, 3.8) is 0 Å². The Morgan fingerprint density at radius 2 is 2.16 bits per heavy atom. The van der Waals surface area contributed by atoms with Crippen molar-refractivity contribution >= 4 is 27.6 Å². The first kappa shape index (κ1) is 17.3. The number of carbonyl (C=O) groups excluding carboxylic acids is 1. The fraction of sp³-hybridized carbons (Fsp3) is 0.250. The molecule has 2 aromatic rings. The molecule has 2 aromatic heterocycles. The van der Waals surface area contributed by atoms with Crippen LogP contribution in [0.3, 0.4) is 0 Å². The van der Waals surface area contributed by atoms with Gasteiger partial charge in [-0.05, 0) is 19.1 Å². The highest BCUT2D eigenvalue weighted by molar-refractivity contribution is 7.90. The molecule has 1 aliphatic rings. The molecule has 0 saturated carbocycles. The van der Waals surface area contributed by atoms with Crippen LogP contribution >= 0.6 is 0 Å². The minimum atomic E-state index is -3.36. The molecule has 132 valence electrons. The average molecular weight is 361 g/mol. The number of anilines is 1. The van der Waals surface area contributed by atoms with E-state index < -0.39 is 22.1 Å². The second-order valence-corrected chi connectivity index (χ2v) is 7.64. The number of hydrogen-bond acceptors (Lipinski definition) is 5. The zero-order valence-electron chi connectivity index (χ0n) is 13.8. The molecule has 4 N–H and O–H groups in total. The summed E-state index contributed by atoms with van der Waals surface area (Å²) in [5.74, 6) is -0.384. The predicted octanol–water partition coefficient (Wildman–Crippen LogP) is 1.36. The normalized spacial score (nSPS) is 23.6. The number of aromatic nitrogens is 2. The van der Waals surface area contributed by atoms with E-state index in [9.17, 15) is 14.1 Å². The molecule has 0 bridgehead atoms. The molecule has 0 aliphatic carbocycles. The number of nitrogens with one attached hydrogen (secondary N) is 3. The molecule has 3 rings (SSSR count). The van der Waals surface area contributed by atoms with Crippen molar-refractivity contribution < 1.29 is 14.1 Å². The van der Waals surface area contributed by atoms with E-state index in [0.717, 1.165) is 0 Å². The summed E-state index contributed by atoms with van der Waals surface area (Å²) in [5.41, 5.74) is 1.28. The summed E-state index contributed by atoms with van der Waals surface area (Å²) in [6.07, 6.45) is 7.06. The largest absolute Gasteiger partial charge is 0.391 e. The zero-order valence-corrected chi connectivity index (χ0v) is 14.6. The lowest BCUT2D eigenvalue weighted by Crippen LogP contribution is -2.39. The van der Waals surface area contributed by atoms with Gasteiger partial charge < -0.3 is 15.0 Å². The third kappa shape index (κ3) is 3.34. The van der Waals surface area contributed by atoms with Crippen molar-refractivity contribution in [3.8, 4) is 0 Å². The van der Waals surface area contributed by atoms with Crippen LogP contribution in [0.25, 0.3) is 6.08 Å². The number of nitrogens with zero attached hydrogens (tertiary/aromatic N) is 2. The van der Waals surface area contributed by atoms with Gasteiger partial charge in [0.05, 0.1) is 17.0 Å². The van der Waals surface area contributed by atoms with Crippen LogP contribution in [0.5, 0.6) is 0 Å². The molecule has 0 saturated heterocycles. The maximum atomic E-state index is 12.8. The van der Waals surface area contributed by atoms with Gasteiger partial charge in [0.15, 0.2) is 0 Å². The van der Waals surface area contributed by atoms with E-state index in [1.165, 1.54) is 6.20 Å². The second-order valence-electron chi connectivity index (χ2n) is 5.86. The third-order valence-electron chi connectivity index (χ3n) is 3.94. The van der Waals surface area contributed by atoms with Crippen molar-refractivity contribution in [2.24, 2.45) is 7.05 Å². The van der Waals surface area contributed by atoms with Gasteiger partial charge in [0.2, 0.25) is 0 Å². The fourth-order valence-corrected chi connectivity index (χ4v) is 4.24. The Hall–Kier alpha value is -2.49. The molecule has 9 heteroatoms. The molecule has 0 aromatic carbocycles. The minimum absolute atomic E-state index is 0.217. The number of pyridine rings is 1. The van der Waals surface area contributed by atoms with Gasteiger partial charge in [-0.1, -0.05) is 12.2 Å². The first-order valence-corrected chi connectivity index (χ1v) is 9.18. The van der Waals surface area contributed by atoms with Crippen LogP contribution in [-0.2, 0) is 17.0 Å². The van der Waals surface area contributed by atoms with Crippen molar-refractivity contribution in [2.75, 3.05) is 5.32 Å². The summed E-state index contributed by atoms with van der Waals surface area (Å²) in [6, 6.07) is 2.68. The number of aliphatic hydroxyl groups is 1. The standard InChI is InChI=1S/C16H19N5O3S/c1-10(22)13-4-3-12-14(25(17,24)20-13)9-21(2)15(12)16(23)19-11-5-7-18-8-6-11/h3-10,13,22H,1-2H3,(H2,17,20,24)(H,18,19,23). The quantitative estimate of drug-likeness (QED) is 0.660. The molecular weight excluding hydrogens is 342 g/mol. The van der Waals surface area contributed by atoms with Crippen molar-refractivity contribution in [3.05, 3.63) is 48.1 Å². The molecule has 0 radical (unpaired) electrons. The van der Waals surface area contributed by atoms with E-state index in [2.05, 4.69) is 15.0 Å². The first-order chi connectivity index (χ1) is 11.8. The minimum Gasteiger partial charge on any atom is -0.391 e. The molecule has 8 nitrogen and oxygen atoms in total. The fourth-order valence-electron chi connectivity index (χ4n) is 2.67. The summed E-state index contributed by atoms with van der Waals surface area (Å²) >= 11 is 0. The van der Waals surface area contributed by atoms with E-state index in [0.29, 0.717) is 11.3 Å². The van der Waals surface area contributed by atoms with E-state index in [-0.39, 0.29) is 16.5 Å². The lowest BCUT2D eigenvalue weighted by Gasteiger charge is -2.17. The van der Waals surface area contributed by atoms with Crippen LogP contribution in [0.15, 0.2) is 41.7 Å². The van der Waals surface area contributed by atoms with Crippen LogP contribution in [0.2, 0.25) is 0 Å². The molecule has 3 atom stereocenters. The Labute approximate surface area is 145 Å². The van der Waals surface area contributed by atoms with Gasteiger partial charge in [-0.3, -0.25) is 9.78 Å². The van der Waals surface area contributed by atoms with Gasteiger partial charge in [0, 0.05) is 36.9 Å². The number of amides is 1. The number of aliphatic hydroxyl groups excluding tert-OH is 1. The Morgan fingerprint density at radius 1 is 1.48 bits per heavy atom. The summed E-state index contributed by atoms with van der Waals surface area (Å²) in [7, 11) is -1.71. The monoisotopic (exact) mass is 361 g/mol. The zero-order chi connectivity index (χ0) is 18.2. The van der Waals surface area contributed by atoms with Gasteiger partial charge >= 0.3 is 0 Å². The third-order valence-corrected chi connectivity index (χ3v) is 5.49. The van der Waals surface area contributed by atoms with Crippen LogP contribution < -0.4 is 10.0 Å². The number of hydrogen-bond donors (Lipinski definition) is 4. The molecule has 1 amide bonds. The van der Waals surface area contributed by atoms with E-state index in [1.54, 1.807) is 55.2 Å². The highest BCUT2D eigenvalue weighted by atomic mass is 32.2. The first-order valence-electron chi connectivity index (χ1n) is 7.62. The average Bonchev–Trinajstić information content (AvgIpc) is 2.83. The number of aryl methyl sites for hydroxylation is 1. The van der Waals surface area contributed by atoms with Crippen LogP contribution in [0, 0.1) is 4.78 Å². The van der Waals surface area contributed by atoms with Gasteiger partial charge in [-0.15, -0.1) is 0 Å². The van der Waals surface area contributed by atoms with Gasteiger partial charge in [-0.25, -0.2) is 13.7 Å². The van der Waals surface area contributed by atoms with Gasteiger partial charge in [0.1, 0.15) is 15.6 Å². The summed E-state index contributed by atoms with van der Waals surface area (Å²) in [5, 5.41) is 12.5. The molecular formula is C16H19N5O3S. The Kier molecular flexibility index (Phi) is 4.46. The van der Waals surface area contributed by atoms with E-state index in [4.69, 9.17) is 4.78 Å². The summed E-state index contributed by atoms with van der Waals surface area (Å²) < 4.78 is 25.1. The Balaban J connectivity index is 2.05. The topological polar surface area (TPSA) is 120 Å². The van der Waals surface area contributed by atoms with E-state index >= 15 is 0 Å². The predicted molar refractivity (Wildman–Crippen MR) is 94.4 cm³/mol. The van der Waals surface area contributed by atoms with Crippen molar-refractivity contribution in [2.45, 2.75) is 24.0 Å². The van der Waals surface area contributed by atoms with Crippen LogP contribution in [0.4, 0.5) is 5.69 Å². The number of fused-ring (bicyclic) bond motifs is 1. The molecule has 3 unspecified atom stereocenters. The number of rotatable bonds is 3. The van der Waals surface area contributed by atoms with Crippen molar-refractivity contribution in [1.29, 1.82) is 4.78 Å².